The van der Waals surface area contributed by atoms with E-state index in [1.807, 2.05) is 0 Å². The number of carbonyl (C=O) groups excluding carboxylic acids is 5. The van der Waals surface area contributed by atoms with Crippen LogP contribution >= 0.6 is 22.7 Å². The summed E-state index contributed by atoms with van der Waals surface area (Å²) in [6.45, 7) is 7.02. The Labute approximate surface area is 426 Å². The summed E-state index contributed by atoms with van der Waals surface area (Å²) >= 11 is 2.48. The number of phenols is 2. The van der Waals surface area contributed by atoms with Gasteiger partial charge >= 0.3 is 11.9 Å². The Morgan fingerprint density at radius 1 is 0.603 bits per heavy atom. The Morgan fingerprint density at radius 3 is 1.36 bits per heavy atom. The van der Waals surface area contributed by atoms with Crippen molar-refractivity contribution in [3.63, 3.8) is 0 Å². The van der Waals surface area contributed by atoms with Gasteiger partial charge in [0.05, 0.1) is 50.8 Å². The van der Waals surface area contributed by atoms with Crippen molar-refractivity contribution in [1.82, 2.24) is 41.2 Å². The van der Waals surface area contributed by atoms with E-state index in [9.17, 15) is 52.9 Å². The first kappa shape index (κ1) is 55.8. The monoisotopic (exact) mass is 1040 g/mol. The number of carboxylic acid groups (broad SMARTS) is 1. The molecular formula is C49H54F2N10O10S2. The number of phenolic OH excluding ortho intramolecular Hbond substituents is 2. The summed E-state index contributed by atoms with van der Waals surface area (Å²) < 4.78 is 31.6. The second kappa shape index (κ2) is 26.9. The first-order chi connectivity index (χ1) is 34.8. The van der Waals surface area contributed by atoms with Crippen molar-refractivity contribution < 1.29 is 57.6 Å². The number of carboxylic acids is 1. The molecule has 0 fully saturated rings. The Bertz CT molecular complexity index is 2820. The molecule has 0 saturated heterocycles. The molecule has 0 spiro atoms. The summed E-state index contributed by atoms with van der Waals surface area (Å²) in [4.78, 5) is 92.2. The fourth-order valence-corrected chi connectivity index (χ4v) is 8.44. The van der Waals surface area contributed by atoms with E-state index in [0.29, 0.717) is 94.3 Å². The van der Waals surface area contributed by atoms with E-state index in [1.54, 1.807) is 62.7 Å². The van der Waals surface area contributed by atoms with Crippen LogP contribution < -0.4 is 31.9 Å². The fraction of sp³-hybridized carbons (Fsp3) is 0.306. The van der Waals surface area contributed by atoms with Gasteiger partial charge in [-0.05, 0) is 112 Å². The number of methoxy groups -OCH3 is 1. The molecule has 0 unspecified atom stereocenters. The molecule has 0 aliphatic carbocycles. The number of carbonyl (C=O) groups is 6. The molecule has 0 radical (unpaired) electrons. The van der Waals surface area contributed by atoms with Crippen LogP contribution in [0.3, 0.4) is 0 Å². The average Bonchev–Trinajstić information content (AvgIpc) is 4.07. The number of anilines is 2. The van der Waals surface area contributed by atoms with Gasteiger partial charge in [-0.1, -0.05) is 12.1 Å². The molecule has 0 saturated carbocycles. The zero-order valence-electron chi connectivity index (χ0n) is 40.3. The van der Waals surface area contributed by atoms with Crippen molar-refractivity contribution in [3.05, 3.63) is 138 Å². The Morgan fingerprint density at radius 2 is 1.00 bits per heavy atom. The number of aliphatic carboxylic acids is 1. The number of esters is 1. The molecule has 0 aliphatic rings. The van der Waals surface area contributed by atoms with Gasteiger partial charge < -0.3 is 52.0 Å². The zero-order chi connectivity index (χ0) is 53.2. The van der Waals surface area contributed by atoms with E-state index in [4.69, 9.17) is 4.74 Å². The third-order valence-corrected chi connectivity index (χ3v) is 12.3. The number of aryl methyl sites for hydroxylation is 6. The quantitative estimate of drug-likeness (QED) is 0.0304. The van der Waals surface area contributed by atoms with Crippen molar-refractivity contribution in [3.8, 4) is 11.5 Å². The zero-order valence-corrected chi connectivity index (χ0v) is 41.9. The molecule has 386 valence electrons. The van der Waals surface area contributed by atoms with Gasteiger partial charge in [0.1, 0.15) is 35.2 Å². The molecule has 20 nitrogen and oxygen atoms in total. The number of rotatable bonds is 22. The number of nitrogens with one attached hydrogen (secondary N) is 6. The molecule has 73 heavy (non-hydrogen) atoms. The highest BCUT2D eigenvalue weighted by Crippen LogP contribution is 2.19. The number of hydrogen-bond acceptors (Lipinski definition) is 17. The highest BCUT2D eigenvalue weighted by atomic mass is 32.1. The van der Waals surface area contributed by atoms with Crippen molar-refractivity contribution in [2.45, 2.75) is 65.5 Å². The molecule has 24 heteroatoms. The average molecular weight is 1050 g/mol. The van der Waals surface area contributed by atoms with E-state index < -0.39 is 53.4 Å². The second-order valence-corrected chi connectivity index (χ2v) is 18.1. The van der Waals surface area contributed by atoms with Crippen LogP contribution in [-0.2, 0) is 27.2 Å². The second-order valence-electron chi connectivity index (χ2n) is 16.2. The number of hydrogen-bond donors (Lipinski definition) is 9. The van der Waals surface area contributed by atoms with Gasteiger partial charge in [-0.2, -0.15) is 0 Å². The molecule has 2 atom stereocenters. The van der Waals surface area contributed by atoms with Gasteiger partial charge in [-0.15, -0.1) is 22.7 Å². The highest BCUT2D eigenvalue weighted by Gasteiger charge is 2.27. The molecule has 4 amide bonds. The van der Waals surface area contributed by atoms with Crippen LogP contribution in [0.15, 0.2) is 71.4 Å². The maximum absolute atomic E-state index is 13.4. The lowest BCUT2D eigenvalue weighted by Crippen LogP contribution is -2.49. The van der Waals surface area contributed by atoms with Crippen LogP contribution in [0.4, 0.5) is 20.7 Å². The number of aromatic hydroxyl groups is 2. The Kier molecular flexibility index (Phi) is 20.6. The van der Waals surface area contributed by atoms with E-state index in [1.165, 1.54) is 54.0 Å². The number of benzene rings is 2. The largest absolute Gasteiger partial charge is 0.508 e. The van der Waals surface area contributed by atoms with Crippen molar-refractivity contribution in [2.24, 2.45) is 0 Å². The van der Waals surface area contributed by atoms with Crippen LogP contribution in [0, 0.1) is 39.3 Å². The lowest BCUT2D eigenvalue weighted by molar-refractivity contribution is -0.142. The van der Waals surface area contributed by atoms with Crippen LogP contribution in [0.2, 0.25) is 0 Å². The van der Waals surface area contributed by atoms with Gasteiger partial charge in [-0.25, -0.2) is 38.3 Å². The van der Waals surface area contributed by atoms with Crippen molar-refractivity contribution >= 4 is 70.1 Å². The number of ether oxygens (including phenoxy) is 1. The summed E-state index contributed by atoms with van der Waals surface area (Å²) in [5, 5.41) is 48.2. The van der Waals surface area contributed by atoms with E-state index in [-0.39, 0.29) is 41.6 Å². The third kappa shape index (κ3) is 17.0. The van der Waals surface area contributed by atoms with Gasteiger partial charge in [0, 0.05) is 38.3 Å². The molecule has 0 bridgehead atoms. The van der Waals surface area contributed by atoms with Crippen LogP contribution in [0.5, 0.6) is 11.5 Å². The fourth-order valence-electron chi connectivity index (χ4n) is 7.16. The van der Waals surface area contributed by atoms with Crippen LogP contribution in [-0.4, -0.2) is 116 Å². The Hall–Kier alpha value is -8.12. The third-order valence-electron chi connectivity index (χ3n) is 10.5. The molecule has 4 aromatic heterocycles. The van der Waals surface area contributed by atoms with E-state index in [2.05, 4.69) is 51.8 Å². The van der Waals surface area contributed by atoms with Gasteiger partial charge in [-0.3, -0.25) is 19.2 Å². The maximum Gasteiger partial charge on any atom is 0.330 e. The minimum absolute atomic E-state index is 0.120. The predicted octanol–water partition coefficient (Wildman–Crippen LogP) is 5.40. The first-order valence-electron chi connectivity index (χ1n) is 22.5. The summed E-state index contributed by atoms with van der Waals surface area (Å²) in [6, 6.07) is 12.1. The van der Waals surface area contributed by atoms with Crippen molar-refractivity contribution in [1.29, 1.82) is 0 Å². The molecule has 0 aliphatic heterocycles. The summed E-state index contributed by atoms with van der Waals surface area (Å²) in [7, 11) is 1.19. The van der Waals surface area contributed by atoms with Gasteiger partial charge in [0.2, 0.25) is 11.9 Å². The lowest BCUT2D eigenvalue weighted by Gasteiger charge is -2.18. The normalized spacial score (nSPS) is 11.5. The van der Waals surface area contributed by atoms with Gasteiger partial charge in [0.15, 0.2) is 0 Å². The molecule has 9 N–H and O–H groups in total. The number of aromatic nitrogens is 4. The molecular weight excluding hydrogens is 991 g/mol. The lowest BCUT2D eigenvalue weighted by atomic mass is 10.1. The summed E-state index contributed by atoms with van der Waals surface area (Å²) in [5.41, 5.74) is 3.18. The van der Waals surface area contributed by atoms with Crippen molar-refractivity contribution in [2.75, 3.05) is 43.9 Å². The Balaban J connectivity index is 0.000000271. The molecule has 6 aromatic rings. The number of amides is 4. The number of halogens is 2. The minimum Gasteiger partial charge on any atom is -0.508 e. The minimum atomic E-state index is -1.35. The number of thiophene rings is 2. The van der Waals surface area contributed by atoms with E-state index in [0.717, 1.165) is 12.1 Å². The standard InChI is InChI=1S/C25H28FN5O5S.C24H26FN5O5S/c1-14-21(23(34)31-19(24(35)36-3)13-28-22(33)20-7-5-9-37-20)15(2)30-25(29-14)27-8-4-6-16-10-17(26)12-18(32)11-16;1-13-20(22(33)30-18(23(34)35)12-27-21(32)19-6-4-8-36-19)14(2)29-24(28-13)26-7-3-5-15-9-16(25)11-17(31)10-15/h5,7,9-12,19,32H,4,6,8,13H2,1-3H3,(H,28,33)(H,31,34)(H,27,29,30);4,6,8-11,18,31H,3,5,7,12H2,1-2H3,(H,27,32)(H,30,33)(H,34,35)(H,26,28,29)/t19-;18-/m00/s1. The van der Waals surface area contributed by atoms with Crippen LogP contribution in [0.1, 0.15) is 86.8 Å². The summed E-state index contributed by atoms with van der Waals surface area (Å²) in [6.07, 6.45) is 2.31. The SMILES string of the molecule is COC(=O)[C@H](CNC(=O)c1cccs1)NC(=O)c1c(C)nc(NCCCc2cc(O)cc(F)c2)nc1C.Cc1nc(NCCCc2cc(O)cc(F)c2)nc(C)c1C(=O)N[C@@H](CNC(=O)c1cccs1)C(=O)O. The maximum atomic E-state index is 13.4. The highest BCUT2D eigenvalue weighted by molar-refractivity contribution is 7.12. The molecule has 2 aromatic carbocycles. The smallest absolute Gasteiger partial charge is 0.330 e. The predicted molar refractivity (Wildman–Crippen MR) is 268 cm³/mol. The number of nitrogens with zero attached hydrogens (tertiary/aromatic N) is 4. The topological polar surface area (TPSA) is 296 Å². The molecule has 4 heterocycles. The van der Waals surface area contributed by atoms with E-state index >= 15 is 0 Å². The van der Waals surface area contributed by atoms with Gasteiger partial charge in [0.25, 0.3) is 23.6 Å². The summed E-state index contributed by atoms with van der Waals surface area (Å²) in [5.74, 6) is -4.66. The van der Waals surface area contributed by atoms with Crippen LogP contribution in [0.25, 0.3) is 0 Å². The molecule has 6 rings (SSSR count). The first-order valence-corrected chi connectivity index (χ1v) is 24.3.